The monoisotopic (exact) mass is 522 g/mol. The number of nitro groups is 1. The van der Waals surface area contributed by atoms with Gasteiger partial charge in [-0.15, -0.1) is 0 Å². The Morgan fingerprint density at radius 3 is 2.08 bits per heavy atom. The van der Waals surface area contributed by atoms with E-state index in [1.165, 1.54) is 33.5 Å². The van der Waals surface area contributed by atoms with E-state index >= 15 is 0 Å². The van der Waals surface area contributed by atoms with Crippen LogP contribution in [0.2, 0.25) is 0 Å². The fourth-order valence-corrected chi connectivity index (χ4v) is 6.17. The number of nitro benzene ring substituents is 1. The Hall–Kier alpha value is -3.76. The van der Waals surface area contributed by atoms with Crippen LogP contribution in [0.3, 0.4) is 0 Å². The highest BCUT2D eigenvalue weighted by Crippen LogP contribution is 2.37. The number of hydrogen-bond acceptors (Lipinski definition) is 6. The van der Waals surface area contributed by atoms with E-state index in [-0.39, 0.29) is 29.2 Å². The van der Waals surface area contributed by atoms with Gasteiger partial charge in [0.25, 0.3) is 11.6 Å². The van der Waals surface area contributed by atoms with Gasteiger partial charge in [-0.2, -0.15) is 4.31 Å². The van der Waals surface area contributed by atoms with Crippen LogP contribution in [0.5, 0.6) is 0 Å². The highest BCUT2D eigenvalue weighted by atomic mass is 32.2. The van der Waals surface area contributed by atoms with Gasteiger partial charge in [0.05, 0.1) is 9.82 Å². The van der Waals surface area contributed by atoms with E-state index in [0.717, 1.165) is 24.3 Å². The summed E-state index contributed by atoms with van der Waals surface area (Å²) in [6, 6.07) is 19.6. The molecule has 0 unspecified atom stereocenters. The topological polar surface area (TPSA) is 104 Å². The Kier molecular flexibility index (Phi) is 7.60. The fraction of sp³-hybridized carbons (Fsp3) is 0.296. The predicted octanol–water partition coefficient (Wildman–Crippen LogP) is 4.59. The molecule has 0 aromatic heterocycles. The summed E-state index contributed by atoms with van der Waals surface area (Å²) in [6.45, 7) is 7.98. The lowest BCUT2D eigenvalue weighted by atomic mass is 10.1. The standard InChI is InChI=1S/C27H30N4O5S/c1-4-28(5-2)23-12-8-21(9-13-23)26-29(27(32)22-10-14-24(15-11-22)31(33)34)18-19-30(26)37(35,36)25-16-6-20(3)7-17-25/h6-17,26H,4-5,18-19H2,1-3H3/t26-/m0/s1. The van der Waals surface area contributed by atoms with Crippen molar-refractivity contribution in [1.82, 2.24) is 9.21 Å². The minimum Gasteiger partial charge on any atom is -0.372 e. The third kappa shape index (κ3) is 5.21. The molecule has 4 rings (SSSR count). The molecule has 10 heteroatoms. The van der Waals surface area contributed by atoms with Crippen molar-refractivity contribution in [2.45, 2.75) is 31.8 Å². The van der Waals surface area contributed by atoms with Crippen molar-refractivity contribution in [3.63, 3.8) is 0 Å². The molecular weight excluding hydrogens is 492 g/mol. The lowest BCUT2D eigenvalue weighted by molar-refractivity contribution is -0.384. The Morgan fingerprint density at radius 1 is 0.946 bits per heavy atom. The first-order valence-electron chi connectivity index (χ1n) is 12.2. The van der Waals surface area contributed by atoms with Crippen molar-refractivity contribution in [3.8, 4) is 0 Å². The molecule has 0 radical (unpaired) electrons. The van der Waals surface area contributed by atoms with Crippen molar-refractivity contribution < 1.29 is 18.1 Å². The van der Waals surface area contributed by atoms with Crippen LogP contribution in [0.15, 0.2) is 77.7 Å². The van der Waals surface area contributed by atoms with Crippen molar-refractivity contribution in [3.05, 3.63) is 99.6 Å². The molecule has 0 N–H and O–H groups in total. The maximum Gasteiger partial charge on any atom is 0.269 e. The number of benzene rings is 3. The first kappa shape index (κ1) is 26.3. The van der Waals surface area contributed by atoms with E-state index < -0.39 is 27.0 Å². The number of nitrogens with zero attached hydrogens (tertiary/aromatic N) is 4. The van der Waals surface area contributed by atoms with Gasteiger partial charge in [-0.05, 0) is 62.7 Å². The second-order valence-corrected chi connectivity index (χ2v) is 10.8. The average Bonchev–Trinajstić information content (AvgIpc) is 3.36. The van der Waals surface area contributed by atoms with Gasteiger partial charge in [-0.3, -0.25) is 14.9 Å². The summed E-state index contributed by atoms with van der Waals surface area (Å²) in [5, 5.41) is 11.0. The van der Waals surface area contributed by atoms with Gasteiger partial charge in [0.1, 0.15) is 6.17 Å². The Labute approximate surface area is 217 Å². The minimum absolute atomic E-state index is 0.120. The highest BCUT2D eigenvalue weighted by Gasteiger charge is 2.43. The number of non-ortho nitro benzene ring substituents is 1. The molecule has 3 aromatic carbocycles. The first-order valence-corrected chi connectivity index (χ1v) is 13.6. The molecule has 1 heterocycles. The van der Waals surface area contributed by atoms with Crippen LogP contribution in [0.4, 0.5) is 11.4 Å². The Balaban J connectivity index is 1.75. The molecule has 1 aliphatic rings. The molecule has 0 spiro atoms. The Morgan fingerprint density at radius 2 is 1.54 bits per heavy atom. The van der Waals surface area contributed by atoms with E-state index in [1.807, 2.05) is 31.2 Å². The van der Waals surface area contributed by atoms with Crippen LogP contribution in [-0.4, -0.2) is 54.6 Å². The van der Waals surface area contributed by atoms with Gasteiger partial charge in [-0.25, -0.2) is 8.42 Å². The third-order valence-corrected chi connectivity index (χ3v) is 8.53. The second-order valence-electron chi connectivity index (χ2n) is 8.87. The molecule has 1 amide bonds. The van der Waals surface area contributed by atoms with E-state index in [2.05, 4.69) is 18.7 Å². The van der Waals surface area contributed by atoms with Crippen LogP contribution >= 0.6 is 0 Å². The summed E-state index contributed by atoms with van der Waals surface area (Å²) < 4.78 is 28.8. The first-order chi connectivity index (χ1) is 17.7. The normalized spacial score (nSPS) is 16.1. The minimum atomic E-state index is -3.92. The molecule has 1 saturated heterocycles. The number of hydrogen-bond donors (Lipinski definition) is 0. The summed E-state index contributed by atoms with van der Waals surface area (Å²) in [7, 11) is -3.92. The molecule has 37 heavy (non-hydrogen) atoms. The van der Waals surface area contributed by atoms with Crippen molar-refractivity contribution >= 4 is 27.3 Å². The number of amides is 1. The third-order valence-electron chi connectivity index (χ3n) is 6.66. The van der Waals surface area contributed by atoms with Crippen LogP contribution in [0, 0.1) is 17.0 Å². The summed E-state index contributed by atoms with van der Waals surface area (Å²) in [4.78, 5) is 27.9. The highest BCUT2D eigenvalue weighted by molar-refractivity contribution is 7.89. The smallest absolute Gasteiger partial charge is 0.269 e. The summed E-state index contributed by atoms with van der Waals surface area (Å²) in [5.74, 6) is -0.394. The molecule has 0 bridgehead atoms. The lowest BCUT2D eigenvalue weighted by Gasteiger charge is -2.31. The average molecular weight is 523 g/mol. The number of carbonyl (C=O) groups excluding carboxylic acids is 1. The van der Waals surface area contributed by atoms with E-state index in [4.69, 9.17) is 0 Å². The molecule has 3 aromatic rings. The summed E-state index contributed by atoms with van der Waals surface area (Å²) in [6.07, 6.45) is -0.861. The molecule has 1 fully saturated rings. The number of aryl methyl sites for hydroxylation is 1. The number of rotatable bonds is 8. The lowest BCUT2D eigenvalue weighted by Crippen LogP contribution is -2.38. The van der Waals surface area contributed by atoms with Crippen molar-refractivity contribution in [1.29, 1.82) is 0 Å². The van der Waals surface area contributed by atoms with Crippen LogP contribution in [-0.2, 0) is 10.0 Å². The molecule has 9 nitrogen and oxygen atoms in total. The van der Waals surface area contributed by atoms with E-state index in [1.54, 1.807) is 24.3 Å². The molecule has 1 aliphatic heterocycles. The molecular formula is C27H30N4O5S. The molecule has 0 aliphatic carbocycles. The maximum atomic E-state index is 13.7. The summed E-state index contributed by atoms with van der Waals surface area (Å²) in [5.41, 5.74) is 2.75. The largest absolute Gasteiger partial charge is 0.372 e. The zero-order valence-corrected chi connectivity index (χ0v) is 21.9. The van der Waals surface area contributed by atoms with Crippen molar-refractivity contribution in [2.24, 2.45) is 0 Å². The maximum absolute atomic E-state index is 13.7. The number of anilines is 1. The second kappa shape index (κ2) is 10.7. The van der Waals surface area contributed by atoms with Gasteiger partial charge in [-0.1, -0.05) is 29.8 Å². The summed E-state index contributed by atoms with van der Waals surface area (Å²) >= 11 is 0. The van der Waals surface area contributed by atoms with Gasteiger partial charge < -0.3 is 9.80 Å². The number of sulfonamides is 1. The van der Waals surface area contributed by atoms with Crippen molar-refractivity contribution in [2.75, 3.05) is 31.1 Å². The fourth-order valence-electron chi connectivity index (χ4n) is 4.60. The van der Waals surface area contributed by atoms with Gasteiger partial charge in [0, 0.05) is 49.6 Å². The molecule has 1 atom stereocenters. The van der Waals surface area contributed by atoms with Crippen LogP contribution < -0.4 is 4.90 Å². The SMILES string of the molecule is CCN(CC)c1ccc([C@H]2N(C(=O)c3ccc([N+](=O)[O-])cc3)CCN2S(=O)(=O)c2ccc(C)cc2)cc1. The van der Waals surface area contributed by atoms with E-state index in [9.17, 15) is 23.3 Å². The van der Waals surface area contributed by atoms with Gasteiger partial charge in [0.15, 0.2) is 0 Å². The van der Waals surface area contributed by atoms with Gasteiger partial charge >= 0.3 is 0 Å². The number of carbonyl (C=O) groups is 1. The predicted molar refractivity (Wildman–Crippen MR) is 142 cm³/mol. The molecule has 194 valence electrons. The van der Waals surface area contributed by atoms with Gasteiger partial charge in [0.2, 0.25) is 10.0 Å². The zero-order valence-electron chi connectivity index (χ0n) is 21.1. The van der Waals surface area contributed by atoms with Crippen LogP contribution in [0.25, 0.3) is 0 Å². The van der Waals surface area contributed by atoms with Crippen LogP contribution in [0.1, 0.15) is 41.5 Å². The molecule has 0 saturated carbocycles. The zero-order chi connectivity index (χ0) is 26.7. The Bertz CT molecular complexity index is 1370. The van der Waals surface area contributed by atoms with E-state index in [0.29, 0.717) is 5.56 Å². The quantitative estimate of drug-likeness (QED) is 0.316.